The van der Waals surface area contributed by atoms with Gasteiger partial charge in [-0.25, -0.2) is 0 Å². The van der Waals surface area contributed by atoms with Crippen LogP contribution in [0.1, 0.15) is 16.7 Å². The van der Waals surface area contributed by atoms with Crippen LogP contribution in [-0.4, -0.2) is 34.3 Å². The summed E-state index contributed by atoms with van der Waals surface area (Å²) in [4.78, 5) is 46.9. The molecule has 0 N–H and O–H groups in total. The standard InChI is InChI=1S/C24H17N3O9S2/c1-15-6-11-19(13-21(15)27(32)33)38(34,35)36-18-9-7-16(8-10-18)12-22-23(28)25(24(29)37-22)14-17-4-2-3-5-20(17)26(30)31/h2-13H,14H2,1H3/b22-12-. The first-order chi connectivity index (χ1) is 18.0. The summed E-state index contributed by atoms with van der Waals surface area (Å²) in [6.07, 6.45) is 1.42. The van der Waals surface area contributed by atoms with Gasteiger partial charge < -0.3 is 4.18 Å². The van der Waals surface area contributed by atoms with E-state index < -0.39 is 31.1 Å². The van der Waals surface area contributed by atoms with Crippen molar-refractivity contribution in [1.82, 2.24) is 4.90 Å². The Bertz CT molecular complexity index is 1620. The minimum absolute atomic E-state index is 0.0742. The summed E-state index contributed by atoms with van der Waals surface area (Å²) in [7, 11) is -4.36. The van der Waals surface area contributed by atoms with Crippen LogP contribution in [0.2, 0.25) is 0 Å². The second-order valence-electron chi connectivity index (χ2n) is 7.97. The fraction of sp³-hybridized carbons (Fsp3) is 0.0833. The summed E-state index contributed by atoms with van der Waals surface area (Å²) in [5.41, 5.74) is 0.395. The number of hydrogen-bond donors (Lipinski definition) is 0. The molecule has 1 heterocycles. The van der Waals surface area contributed by atoms with Crippen LogP contribution in [0.5, 0.6) is 5.75 Å². The number of nitro benzene ring substituents is 2. The zero-order chi connectivity index (χ0) is 27.6. The Balaban J connectivity index is 1.50. The zero-order valence-electron chi connectivity index (χ0n) is 19.5. The summed E-state index contributed by atoms with van der Waals surface area (Å²) < 4.78 is 30.3. The molecule has 194 valence electrons. The topological polar surface area (TPSA) is 167 Å². The maximum Gasteiger partial charge on any atom is 0.339 e. The Morgan fingerprint density at radius 1 is 0.947 bits per heavy atom. The second-order valence-corrected chi connectivity index (χ2v) is 10.5. The molecule has 0 atom stereocenters. The van der Waals surface area contributed by atoms with Gasteiger partial charge in [0.1, 0.15) is 10.6 Å². The van der Waals surface area contributed by atoms with Gasteiger partial charge in [0.05, 0.1) is 21.3 Å². The van der Waals surface area contributed by atoms with Crippen LogP contribution in [0.25, 0.3) is 6.08 Å². The van der Waals surface area contributed by atoms with Crippen LogP contribution in [0.15, 0.2) is 76.5 Å². The molecule has 1 aliphatic heterocycles. The lowest BCUT2D eigenvalue weighted by Gasteiger charge is -2.12. The van der Waals surface area contributed by atoms with E-state index in [-0.39, 0.29) is 39.0 Å². The van der Waals surface area contributed by atoms with Crippen LogP contribution in [0.3, 0.4) is 0 Å². The third kappa shape index (κ3) is 5.55. The fourth-order valence-electron chi connectivity index (χ4n) is 3.52. The third-order valence-corrected chi connectivity index (χ3v) is 7.59. The molecule has 0 unspecified atom stereocenters. The molecule has 3 aromatic carbocycles. The number of rotatable bonds is 8. The number of aryl methyl sites for hydroxylation is 1. The first-order valence-corrected chi connectivity index (χ1v) is 13.0. The predicted octanol–water partition coefficient (Wildman–Crippen LogP) is 4.82. The molecule has 4 rings (SSSR count). The molecule has 0 radical (unpaired) electrons. The fourth-order valence-corrected chi connectivity index (χ4v) is 5.31. The van der Waals surface area contributed by atoms with Crippen molar-refractivity contribution in [3.8, 4) is 5.75 Å². The molecule has 3 aromatic rings. The van der Waals surface area contributed by atoms with E-state index >= 15 is 0 Å². The molecule has 1 aliphatic rings. The maximum absolute atomic E-state index is 12.8. The van der Waals surface area contributed by atoms with E-state index in [9.17, 15) is 38.2 Å². The van der Waals surface area contributed by atoms with Crippen molar-refractivity contribution in [1.29, 1.82) is 0 Å². The minimum Gasteiger partial charge on any atom is -0.379 e. The Labute approximate surface area is 219 Å². The highest BCUT2D eigenvalue weighted by atomic mass is 32.2. The van der Waals surface area contributed by atoms with E-state index in [1.807, 2.05) is 0 Å². The van der Waals surface area contributed by atoms with Gasteiger partial charge in [0.15, 0.2) is 0 Å². The molecule has 0 aliphatic carbocycles. The highest BCUT2D eigenvalue weighted by Crippen LogP contribution is 2.35. The van der Waals surface area contributed by atoms with Gasteiger partial charge in [0.2, 0.25) is 0 Å². The lowest BCUT2D eigenvalue weighted by molar-refractivity contribution is -0.385. The first-order valence-electron chi connectivity index (χ1n) is 10.7. The monoisotopic (exact) mass is 555 g/mol. The lowest BCUT2D eigenvalue weighted by Crippen LogP contribution is -2.27. The highest BCUT2D eigenvalue weighted by molar-refractivity contribution is 8.18. The van der Waals surface area contributed by atoms with Crippen LogP contribution in [0.4, 0.5) is 16.2 Å². The molecule has 2 amide bonds. The number of nitro groups is 2. The molecule has 0 saturated carbocycles. The van der Waals surface area contributed by atoms with Crippen LogP contribution in [0, 0.1) is 27.2 Å². The predicted molar refractivity (Wildman–Crippen MR) is 137 cm³/mol. The molecule has 1 fully saturated rings. The Kier molecular flexibility index (Phi) is 7.28. The van der Waals surface area contributed by atoms with Crippen molar-refractivity contribution in [2.24, 2.45) is 0 Å². The molecule has 0 bridgehead atoms. The Morgan fingerprint density at radius 2 is 1.61 bits per heavy atom. The van der Waals surface area contributed by atoms with Crippen LogP contribution in [-0.2, 0) is 21.5 Å². The molecule has 0 aromatic heterocycles. The first kappa shape index (κ1) is 26.5. The van der Waals surface area contributed by atoms with Gasteiger partial charge in [-0.15, -0.1) is 0 Å². The SMILES string of the molecule is Cc1ccc(S(=O)(=O)Oc2ccc(/C=C3\SC(=O)N(Cc4ccccc4[N+](=O)[O-])C3=O)cc2)cc1[N+](=O)[O-]. The zero-order valence-corrected chi connectivity index (χ0v) is 21.1. The van der Waals surface area contributed by atoms with Gasteiger partial charge in [-0.05, 0) is 48.5 Å². The van der Waals surface area contributed by atoms with Gasteiger partial charge in [-0.3, -0.25) is 34.7 Å². The van der Waals surface area contributed by atoms with Gasteiger partial charge in [0.25, 0.3) is 22.5 Å². The maximum atomic E-state index is 12.8. The molecule has 12 nitrogen and oxygen atoms in total. The minimum atomic E-state index is -4.36. The van der Waals surface area contributed by atoms with Gasteiger partial charge in [0, 0.05) is 23.3 Å². The van der Waals surface area contributed by atoms with E-state index in [0.29, 0.717) is 22.9 Å². The van der Waals surface area contributed by atoms with E-state index in [2.05, 4.69) is 0 Å². The number of carbonyl (C=O) groups excluding carboxylic acids is 2. The largest absolute Gasteiger partial charge is 0.379 e. The number of hydrogen-bond acceptors (Lipinski definition) is 10. The number of carbonyl (C=O) groups is 2. The van der Waals surface area contributed by atoms with Crippen LogP contribution >= 0.6 is 11.8 Å². The molecular formula is C24H17N3O9S2. The smallest absolute Gasteiger partial charge is 0.339 e. The molecule has 38 heavy (non-hydrogen) atoms. The molecule has 14 heteroatoms. The van der Waals surface area contributed by atoms with Gasteiger partial charge >= 0.3 is 10.1 Å². The summed E-state index contributed by atoms with van der Waals surface area (Å²) in [5, 5.41) is 21.8. The van der Waals surface area contributed by atoms with Crippen molar-refractivity contribution in [2.45, 2.75) is 18.4 Å². The van der Waals surface area contributed by atoms with E-state index in [1.54, 1.807) is 6.07 Å². The van der Waals surface area contributed by atoms with Gasteiger partial charge in [-0.2, -0.15) is 8.42 Å². The lowest BCUT2D eigenvalue weighted by atomic mass is 10.1. The number of nitrogens with zero attached hydrogens (tertiary/aromatic N) is 3. The second kappa shape index (κ2) is 10.4. The summed E-state index contributed by atoms with van der Waals surface area (Å²) in [6.45, 7) is 1.22. The van der Waals surface area contributed by atoms with Crippen molar-refractivity contribution >= 4 is 50.5 Å². The van der Waals surface area contributed by atoms with Crippen LogP contribution < -0.4 is 4.18 Å². The average Bonchev–Trinajstić information content (AvgIpc) is 3.12. The number of amides is 2. The number of para-hydroxylation sites is 1. The Morgan fingerprint density at radius 3 is 2.26 bits per heavy atom. The quantitative estimate of drug-likeness (QED) is 0.163. The molecule has 1 saturated heterocycles. The van der Waals surface area contributed by atoms with Crippen molar-refractivity contribution in [3.05, 3.63) is 109 Å². The number of imide groups is 1. The molecular weight excluding hydrogens is 538 g/mol. The van der Waals surface area contributed by atoms with E-state index in [1.165, 1.54) is 67.6 Å². The normalized spacial score (nSPS) is 14.7. The summed E-state index contributed by atoms with van der Waals surface area (Å²) >= 11 is 0.673. The summed E-state index contributed by atoms with van der Waals surface area (Å²) in [5.74, 6) is -0.697. The third-order valence-electron chi connectivity index (χ3n) is 5.44. The van der Waals surface area contributed by atoms with Gasteiger partial charge in [-0.1, -0.05) is 36.4 Å². The van der Waals surface area contributed by atoms with E-state index in [4.69, 9.17) is 4.18 Å². The van der Waals surface area contributed by atoms with Crippen molar-refractivity contribution in [2.75, 3.05) is 0 Å². The highest BCUT2D eigenvalue weighted by Gasteiger charge is 2.36. The molecule has 0 spiro atoms. The van der Waals surface area contributed by atoms with E-state index in [0.717, 1.165) is 11.0 Å². The number of benzene rings is 3. The average molecular weight is 556 g/mol. The van der Waals surface area contributed by atoms with Crippen molar-refractivity contribution < 1.29 is 32.0 Å². The summed E-state index contributed by atoms with van der Waals surface area (Å²) in [6, 6.07) is 14.8. The number of thioether (sulfide) groups is 1. The van der Waals surface area contributed by atoms with Crippen molar-refractivity contribution in [3.63, 3.8) is 0 Å². The Hall–Kier alpha value is -4.56.